The Bertz CT molecular complexity index is 775. The monoisotopic (exact) mass is 343 g/mol. The molecule has 1 aromatic heterocycles. The van der Waals surface area contributed by atoms with Crippen molar-refractivity contribution in [2.24, 2.45) is 0 Å². The van der Waals surface area contributed by atoms with Crippen molar-refractivity contribution >= 4 is 17.5 Å². The maximum Gasteiger partial charge on any atom is 0.260 e. The van der Waals surface area contributed by atoms with Gasteiger partial charge in [0.15, 0.2) is 6.61 Å². The second-order valence-electron chi connectivity index (χ2n) is 4.85. The zero-order chi connectivity index (χ0) is 17.4. The second kappa shape index (κ2) is 8.61. The zero-order valence-electron chi connectivity index (χ0n) is 12.7. The number of benzene rings is 1. The van der Waals surface area contributed by atoms with Crippen LogP contribution in [0.3, 0.4) is 0 Å². The van der Waals surface area contributed by atoms with Crippen molar-refractivity contribution in [3.05, 3.63) is 52.9 Å². The molecule has 0 spiro atoms. The summed E-state index contributed by atoms with van der Waals surface area (Å²) in [5.74, 6) is 0.655. The van der Waals surface area contributed by atoms with Gasteiger partial charge in [-0.2, -0.15) is 10.5 Å². The smallest absolute Gasteiger partial charge is 0.260 e. The normalized spacial score (nSPS) is 9.79. The van der Waals surface area contributed by atoms with Crippen molar-refractivity contribution in [2.75, 3.05) is 13.2 Å². The van der Waals surface area contributed by atoms with E-state index in [-0.39, 0.29) is 37.0 Å². The molecule has 0 radical (unpaired) electrons. The van der Waals surface area contributed by atoms with E-state index in [4.69, 9.17) is 31.3 Å². The Morgan fingerprint density at radius 3 is 2.79 bits per heavy atom. The summed E-state index contributed by atoms with van der Waals surface area (Å²) in [6.45, 7) is 0.316. The van der Waals surface area contributed by atoms with Crippen LogP contribution in [-0.4, -0.2) is 24.0 Å². The van der Waals surface area contributed by atoms with Crippen LogP contribution >= 0.6 is 11.6 Å². The summed E-state index contributed by atoms with van der Waals surface area (Å²) in [6.07, 6.45) is 1.74. The first kappa shape index (κ1) is 17.4. The van der Waals surface area contributed by atoms with Gasteiger partial charge in [-0.3, -0.25) is 4.79 Å². The molecule has 2 rings (SSSR count). The minimum absolute atomic E-state index is 0.212. The molecule has 0 fully saturated rings. The van der Waals surface area contributed by atoms with E-state index in [1.165, 1.54) is 17.2 Å². The minimum Gasteiger partial charge on any atom is -0.482 e. The first-order valence-electron chi connectivity index (χ1n) is 7.13. The highest BCUT2D eigenvalue weighted by Gasteiger charge is 2.16. The van der Waals surface area contributed by atoms with Crippen LogP contribution in [0.25, 0.3) is 0 Å². The van der Waals surface area contributed by atoms with Gasteiger partial charge in [-0.05, 0) is 30.3 Å². The largest absolute Gasteiger partial charge is 0.482 e. The fourth-order valence-electron chi connectivity index (χ4n) is 1.99. The van der Waals surface area contributed by atoms with E-state index in [2.05, 4.69) is 0 Å². The predicted octanol–water partition coefficient (Wildman–Crippen LogP) is 3.13. The van der Waals surface area contributed by atoms with Crippen molar-refractivity contribution in [3.63, 3.8) is 0 Å². The van der Waals surface area contributed by atoms with E-state index in [1.807, 2.05) is 12.1 Å². The lowest BCUT2D eigenvalue weighted by Crippen LogP contribution is -2.35. The fourth-order valence-corrected chi connectivity index (χ4v) is 2.22. The molecule has 0 bridgehead atoms. The molecule has 24 heavy (non-hydrogen) atoms. The number of carbonyl (C=O) groups excluding carboxylic acids is 1. The molecule has 0 N–H and O–H groups in total. The minimum atomic E-state index is -0.290. The van der Waals surface area contributed by atoms with E-state index in [9.17, 15) is 4.79 Å². The molecule has 7 heteroatoms. The molecule has 2 aromatic rings. The molecule has 0 saturated heterocycles. The summed E-state index contributed by atoms with van der Waals surface area (Å²) in [7, 11) is 0. The zero-order valence-corrected chi connectivity index (χ0v) is 13.5. The second-order valence-corrected chi connectivity index (χ2v) is 5.26. The van der Waals surface area contributed by atoms with Crippen LogP contribution in [-0.2, 0) is 11.3 Å². The fraction of sp³-hybridized carbons (Fsp3) is 0.235. The molecule has 0 atom stereocenters. The number of nitriles is 2. The Kier molecular flexibility index (Phi) is 6.24. The van der Waals surface area contributed by atoms with Gasteiger partial charge in [0, 0.05) is 6.54 Å². The Morgan fingerprint density at radius 1 is 1.33 bits per heavy atom. The van der Waals surface area contributed by atoms with Crippen molar-refractivity contribution < 1.29 is 13.9 Å². The summed E-state index contributed by atoms with van der Waals surface area (Å²) in [6, 6.07) is 12.0. The van der Waals surface area contributed by atoms with E-state index in [0.29, 0.717) is 17.1 Å². The van der Waals surface area contributed by atoms with Crippen LogP contribution in [0.2, 0.25) is 5.02 Å². The molecule has 1 heterocycles. The van der Waals surface area contributed by atoms with Crippen LogP contribution < -0.4 is 4.74 Å². The van der Waals surface area contributed by atoms with Gasteiger partial charge in [0.05, 0.1) is 42.0 Å². The lowest BCUT2D eigenvalue weighted by Gasteiger charge is -2.20. The highest BCUT2D eigenvalue weighted by atomic mass is 35.5. The van der Waals surface area contributed by atoms with Crippen molar-refractivity contribution in [3.8, 4) is 17.9 Å². The summed E-state index contributed by atoms with van der Waals surface area (Å²) in [4.78, 5) is 13.8. The van der Waals surface area contributed by atoms with Gasteiger partial charge in [-0.15, -0.1) is 0 Å². The number of rotatable bonds is 7. The summed E-state index contributed by atoms with van der Waals surface area (Å²) < 4.78 is 10.7. The lowest BCUT2D eigenvalue weighted by molar-refractivity contribution is -0.134. The quantitative estimate of drug-likeness (QED) is 0.770. The lowest BCUT2D eigenvalue weighted by atomic mass is 10.2. The maximum atomic E-state index is 12.3. The highest BCUT2D eigenvalue weighted by Crippen LogP contribution is 2.25. The number of amides is 1. The number of nitrogens with zero attached hydrogens (tertiary/aromatic N) is 3. The molecule has 1 amide bonds. The third-order valence-electron chi connectivity index (χ3n) is 3.19. The molecule has 0 aliphatic carbocycles. The van der Waals surface area contributed by atoms with Crippen LogP contribution in [0.4, 0.5) is 0 Å². The number of halogens is 1. The number of hydrogen-bond acceptors (Lipinski definition) is 5. The molecule has 1 aromatic carbocycles. The Morgan fingerprint density at radius 2 is 2.17 bits per heavy atom. The van der Waals surface area contributed by atoms with Gasteiger partial charge >= 0.3 is 0 Å². The number of furan rings is 1. The first-order chi connectivity index (χ1) is 11.6. The van der Waals surface area contributed by atoms with Crippen molar-refractivity contribution in [2.45, 2.75) is 13.0 Å². The average molecular weight is 344 g/mol. The van der Waals surface area contributed by atoms with Gasteiger partial charge in [0.25, 0.3) is 5.91 Å². The van der Waals surface area contributed by atoms with Crippen LogP contribution in [0.1, 0.15) is 17.7 Å². The van der Waals surface area contributed by atoms with Crippen LogP contribution in [0.5, 0.6) is 5.75 Å². The van der Waals surface area contributed by atoms with Gasteiger partial charge < -0.3 is 14.1 Å². The van der Waals surface area contributed by atoms with Crippen molar-refractivity contribution in [1.29, 1.82) is 10.5 Å². The van der Waals surface area contributed by atoms with Gasteiger partial charge in [0.2, 0.25) is 0 Å². The summed E-state index contributed by atoms with van der Waals surface area (Å²) >= 11 is 6.01. The van der Waals surface area contributed by atoms with E-state index >= 15 is 0 Å². The average Bonchev–Trinajstić information content (AvgIpc) is 3.10. The van der Waals surface area contributed by atoms with E-state index in [0.717, 1.165) is 0 Å². The Labute approximate surface area is 144 Å². The predicted molar refractivity (Wildman–Crippen MR) is 86.0 cm³/mol. The topological polar surface area (TPSA) is 90.3 Å². The number of carbonyl (C=O) groups is 1. The van der Waals surface area contributed by atoms with Crippen LogP contribution in [0, 0.1) is 22.7 Å². The van der Waals surface area contributed by atoms with Crippen LogP contribution in [0.15, 0.2) is 41.0 Å². The maximum absolute atomic E-state index is 12.3. The van der Waals surface area contributed by atoms with E-state index in [1.54, 1.807) is 24.3 Å². The summed E-state index contributed by atoms with van der Waals surface area (Å²) in [5, 5.41) is 17.8. The SMILES string of the molecule is N#CCCN(Cc1ccco1)C(=O)COc1ccc(C#N)cc1Cl. The van der Waals surface area contributed by atoms with Gasteiger partial charge in [0.1, 0.15) is 11.5 Å². The number of hydrogen-bond donors (Lipinski definition) is 0. The molecule has 0 unspecified atom stereocenters. The highest BCUT2D eigenvalue weighted by molar-refractivity contribution is 6.32. The van der Waals surface area contributed by atoms with Crippen molar-refractivity contribution in [1.82, 2.24) is 4.90 Å². The Balaban J connectivity index is 1.99. The molecular weight excluding hydrogens is 330 g/mol. The van der Waals surface area contributed by atoms with Gasteiger partial charge in [-0.1, -0.05) is 11.6 Å². The summed E-state index contributed by atoms with van der Waals surface area (Å²) in [5.41, 5.74) is 0.409. The molecule has 0 aliphatic heterocycles. The molecular formula is C17H14ClN3O3. The molecule has 0 aliphatic rings. The third-order valence-corrected chi connectivity index (χ3v) is 3.48. The number of ether oxygens (including phenoxy) is 1. The third kappa shape index (κ3) is 4.77. The van der Waals surface area contributed by atoms with Gasteiger partial charge in [-0.25, -0.2) is 0 Å². The molecule has 122 valence electrons. The Hall–Kier alpha value is -2.96. The molecule has 6 nitrogen and oxygen atoms in total. The standard InChI is InChI=1S/C17H14ClN3O3/c18-15-9-13(10-20)4-5-16(15)24-12-17(22)21(7-2-6-19)11-14-3-1-8-23-14/h1,3-5,8-9H,2,7,11-12H2. The first-order valence-corrected chi connectivity index (χ1v) is 7.51. The van der Waals surface area contributed by atoms with E-state index < -0.39 is 0 Å². The molecule has 0 saturated carbocycles.